The van der Waals surface area contributed by atoms with Crippen LogP contribution in [0, 0.1) is 6.92 Å². The van der Waals surface area contributed by atoms with E-state index in [1.807, 2.05) is 6.07 Å². The van der Waals surface area contributed by atoms with Gasteiger partial charge in [0, 0.05) is 13.1 Å². The van der Waals surface area contributed by atoms with Crippen molar-refractivity contribution in [2.24, 2.45) is 0 Å². The number of rotatable bonds is 1. The molecule has 2 bridgehead atoms. The number of aryl methyl sites for hydroxylation is 1. The van der Waals surface area contributed by atoms with Crippen molar-refractivity contribution in [3.05, 3.63) is 23.8 Å². The predicted octanol–water partition coefficient (Wildman–Crippen LogP) is 1.94. The third-order valence-electron chi connectivity index (χ3n) is 3.57. The minimum atomic E-state index is 0.415. The van der Waals surface area contributed by atoms with Crippen LogP contribution in [0.3, 0.4) is 0 Å². The van der Waals surface area contributed by atoms with E-state index in [0.717, 1.165) is 18.8 Å². The van der Waals surface area contributed by atoms with E-state index in [1.54, 1.807) is 0 Å². The Morgan fingerprint density at radius 1 is 1.25 bits per heavy atom. The summed E-state index contributed by atoms with van der Waals surface area (Å²) in [7, 11) is 0. The number of fused-ring (bicyclic) bond motifs is 2. The third-order valence-corrected chi connectivity index (χ3v) is 3.57. The molecular weight excluding hydrogens is 200 g/mol. The molecule has 1 aromatic rings. The first kappa shape index (κ1) is 9.97. The van der Waals surface area contributed by atoms with Gasteiger partial charge in [-0.3, -0.25) is 0 Å². The highest BCUT2D eigenvalue weighted by molar-refractivity contribution is 5.68. The summed E-state index contributed by atoms with van der Waals surface area (Å²) in [5.41, 5.74) is 9.38. The molecule has 2 fully saturated rings. The van der Waals surface area contributed by atoms with Crippen LogP contribution < -0.4 is 10.6 Å². The van der Waals surface area contributed by atoms with Crippen molar-refractivity contribution in [3.63, 3.8) is 0 Å². The highest BCUT2D eigenvalue weighted by Crippen LogP contribution is 2.32. The van der Waals surface area contributed by atoms with Crippen molar-refractivity contribution >= 4 is 11.4 Å². The smallest absolute Gasteiger partial charge is 0.0755 e. The Kier molecular flexibility index (Phi) is 2.28. The number of nitrogens with zero attached hydrogens (tertiary/aromatic N) is 1. The standard InChI is InChI=1S/C13H18N2O/c1-9-2-5-12(14)13(6-9)15-7-10-3-4-11(8-15)16-10/h2,5-6,10-11H,3-4,7-8,14H2,1H3. The Balaban J connectivity index is 1.89. The first-order chi connectivity index (χ1) is 7.72. The van der Waals surface area contributed by atoms with E-state index < -0.39 is 0 Å². The van der Waals surface area contributed by atoms with E-state index in [1.165, 1.54) is 24.1 Å². The molecule has 2 heterocycles. The van der Waals surface area contributed by atoms with Gasteiger partial charge in [-0.15, -0.1) is 0 Å². The highest BCUT2D eigenvalue weighted by atomic mass is 16.5. The molecule has 3 heteroatoms. The Morgan fingerprint density at radius 3 is 2.62 bits per heavy atom. The summed E-state index contributed by atoms with van der Waals surface area (Å²) in [4.78, 5) is 2.38. The molecule has 2 saturated heterocycles. The Morgan fingerprint density at radius 2 is 1.94 bits per heavy atom. The van der Waals surface area contributed by atoms with Gasteiger partial charge in [0.25, 0.3) is 0 Å². The number of ether oxygens (including phenoxy) is 1. The lowest BCUT2D eigenvalue weighted by Crippen LogP contribution is -2.42. The van der Waals surface area contributed by atoms with Crippen LogP contribution in [-0.4, -0.2) is 25.3 Å². The second kappa shape index (κ2) is 3.67. The van der Waals surface area contributed by atoms with Gasteiger partial charge in [-0.1, -0.05) is 6.07 Å². The van der Waals surface area contributed by atoms with E-state index >= 15 is 0 Å². The summed E-state index contributed by atoms with van der Waals surface area (Å²) >= 11 is 0. The molecule has 2 aliphatic rings. The van der Waals surface area contributed by atoms with Crippen molar-refractivity contribution in [3.8, 4) is 0 Å². The van der Waals surface area contributed by atoms with Gasteiger partial charge in [0.05, 0.1) is 23.6 Å². The maximum Gasteiger partial charge on any atom is 0.0755 e. The van der Waals surface area contributed by atoms with Gasteiger partial charge in [0.2, 0.25) is 0 Å². The van der Waals surface area contributed by atoms with E-state index in [4.69, 9.17) is 10.5 Å². The maximum atomic E-state index is 6.05. The lowest BCUT2D eigenvalue weighted by Gasteiger charge is -2.34. The van der Waals surface area contributed by atoms with Crippen LogP contribution in [0.15, 0.2) is 18.2 Å². The van der Waals surface area contributed by atoms with Gasteiger partial charge < -0.3 is 15.4 Å². The van der Waals surface area contributed by atoms with Crippen LogP contribution in [-0.2, 0) is 4.74 Å². The number of hydrogen-bond donors (Lipinski definition) is 1. The second-order valence-electron chi connectivity index (χ2n) is 4.92. The second-order valence-corrected chi connectivity index (χ2v) is 4.92. The summed E-state index contributed by atoms with van der Waals surface area (Å²) in [6, 6.07) is 6.25. The SMILES string of the molecule is Cc1ccc(N)c(N2CC3CCC(C2)O3)c1. The fraction of sp³-hybridized carbons (Fsp3) is 0.538. The van der Waals surface area contributed by atoms with E-state index in [0.29, 0.717) is 12.2 Å². The first-order valence-electron chi connectivity index (χ1n) is 5.99. The minimum absolute atomic E-state index is 0.415. The number of nitrogens with two attached hydrogens (primary N) is 1. The summed E-state index contributed by atoms with van der Waals surface area (Å²) in [6.07, 6.45) is 3.23. The zero-order valence-corrected chi connectivity index (χ0v) is 9.65. The molecule has 0 spiro atoms. The van der Waals surface area contributed by atoms with Gasteiger partial charge in [0.15, 0.2) is 0 Å². The monoisotopic (exact) mass is 218 g/mol. The van der Waals surface area contributed by atoms with Gasteiger partial charge in [-0.2, -0.15) is 0 Å². The topological polar surface area (TPSA) is 38.5 Å². The molecule has 0 saturated carbocycles. The molecule has 2 unspecified atom stereocenters. The molecular formula is C13H18N2O. The van der Waals surface area contributed by atoms with Gasteiger partial charge in [-0.05, 0) is 37.5 Å². The molecule has 0 radical (unpaired) electrons. The van der Waals surface area contributed by atoms with Crippen LogP contribution in [0.2, 0.25) is 0 Å². The number of benzene rings is 1. The number of anilines is 2. The molecule has 2 N–H and O–H groups in total. The van der Waals surface area contributed by atoms with Gasteiger partial charge in [-0.25, -0.2) is 0 Å². The van der Waals surface area contributed by atoms with E-state index in [-0.39, 0.29) is 0 Å². The lowest BCUT2D eigenvalue weighted by molar-refractivity contribution is 0.0305. The van der Waals surface area contributed by atoms with Crippen molar-refractivity contribution in [2.75, 3.05) is 23.7 Å². The molecule has 0 amide bonds. The van der Waals surface area contributed by atoms with Crippen LogP contribution in [0.1, 0.15) is 18.4 Å². The van der Waals surface area contributed by atoms with Crippen LogP contribution >= 0.6 is 0 Å². The van der Waals surface area contributed by atoms with Crippen LogP contribution in [0.5, 0.6) is 0 Å². The number of morpholine rings is 1. The Labute approximate surface area is 96.2 Å². The van der Waals surface area contributed by atoms with E-state index in [9.17, 15) is 0 Å². The first-order valence-corrected chi connectivity index (χ1v) is 5.99. The normalized spacial score (nSPS) is 28.4. The zero-order chi connectivity index (χ0) is 11.1. The molecule has 2 atom stereocenters. The fourth-order valence-corrected chi connectivity index (χ4v) is 2.74. The van der Waals surface area contributed by atoms with E-state index in [2.05, 4.69) is 24.0 Å². The quantitative estimate of drug-likeness (QED) is 0.732. The summed E-state index contributed by atoms with van der Waals surface area (Å²) in [6.45, 7) is 4.09. The van der Waals surface area contributed by atoms with Crippen LogP contribution in [0.25, 0.3) is 0 Å². The Bertz CT molecular complexity index is 393. The van der Waals surface area contributed by atoms with Crippen molar-refractivity contribution in [1.29, 1.82) is 0 Å². The minimum Gasteiger partial charge on any atom is -0.397 e. The van der Waals surface area contributed by atoms with Crippen molar-refractivity contribution in [2.45, 2.75) is 32.0 Å². The largest absolute Gasteiger partial charge is 0.397 e. The highest BCUT2D eigenvalue weighted by Gasteiger charge is 2.34. The molecule has 1 aromatic carbocycles. The molecule has 0 aromatic heterocycles. The van der Waals surface area contributed by atoms with Crippen molar-refractivity contribution in [1.82, 2.24) is 0 Å². The third kappa shape index (κ3) is 1.65. The maximum absolute atomic E-state index is 6.05. The van der Waals surface area contributed by atoms with Crippen molar-refractivity contribution < 1.29 is 4.74 Å². The average molecular weight is 218 g/mol. The van der Waals surface area contributed by atoms with Gasteiger partial charge in [0.1, 0.15) is 0 Å². The molecule has 3 nitrogen and oxygen atoms in total. The van der Waals surface area contributed by atoms with Crippen LogP contribution in [0.4, 0.5) is 11.4 Å². The molecule has 2 aliphatic heterocycles. The number of hydrogen-bond acceptors (Lipinski definition) is 3. The number of nitrogen functional groups attached to an aromatic ring is 1. The summed E-state index contributed by atoms with van der Waals surface area (Å²) < 4.78 is 5.84. The molecule has 16 heavy (non-hydrogen) atoms. The Hall–Kier alpha value is -1.22. The molecule has 3 rings (SSSR count). The average Bonchev–Trinajstić information content (AvgIpc) is 2.61. The zero-order valence-electron chi connectivity index (χ0n) is 9.65. The lowest BCUT2D eigenvalue weighted by atomic mass is 10.1. The summed E-state index contributed by atoms with van der Waals surface area (Å²) in [5.74, 6) is 0. The van der Waals surface area contributed by atoms with Gasteiger partial charge >= 0.3 is 0 Å². The summed E-state index contributed by atoms with van der Waals surface area (Å²) in [5, 5.41) is 0. The fourth-order valence-electron chi connectivity index (χ4n) is 2.74. The molecule has 0 aliphatic carbocycles. The predicted molar refractivity (Wildman–Crippen MR) is 65.7 cm³/mol. The molecule has 86 valence electrons.